The molecule has 0 saturated carbocycles. The molecule has 6 nitrogen and oxygen atoms in total. The van der Waals surface area contributed by atoms with E-state index in [2.05, 4.69) is 10.3 Å². The first-order valence-electron chi connectivity index (χ1n) is 10.8. The van der Waals surface area contributed by atoms with Gasteiger partial charge >= 0.3 is 6.09 Å². The van der Waals surface area contributed by atoms with Crippen molar-refractivity contribution < 1.29 is 14.3 Å². The second-order valence-corrected chi connectivity index (χ2v) is 10.6. The lowest BCUT2D eigenvalue weighted by molar-refractivity contribution is 0.0224. The molecule has 1 aromatic heterocycles. The number of benzene rings is 2. The van der Waals surface area contributed by atoms with Crippen LogP contribution >= 0.6 is 22.9 Å². The molecule has 1 aliphatic rings. The standard InChI is InChI=1S/C25H26ClN3O3S/c1-25(2,3)32-24(31)29-11-10-17-13-18(6-7-19(17)15-29)22(30)28-23-27-14-21(33-23)12-16-4-8-20(26)9-5-16/h4-9,13-14H,10-12,15H2,1-3H3,(H,27,28,30). The number of aromatic nitrogens is 1. The van der Waals surface area contributed by atoms with E-state index in [0.717, 1.165) is 28.0 Å². The highest BCUT2D eigenvalue weighted by Crippen LogP contribution is 2.25. The first kappa shape index (κ1) is 23.3. The van der Waals surface area contributed by atoms with Crippen molar-refractivity contribution in [2.24, 2.45) is 0 Å². The number of nitrogens with one attached hydrogen (secondary N) is 1. The van der Waals surface area contributed by atoms with Crippen LogP contribution in [0.4, 0.5) is 9.93 Å². The zero-order valence-corrected chi connectivity index (χ0v) is 20.4. The van der Waals surface area contributed by atoms with E-state index < -0.39 is 5.60 Å². The molecule has 8 heteroatoms. The Labute approximate surface area is 202 Å². The molecule has 4 rings (SSSR count). The highest BCUT2D eigenvalue weighted by atomic mass is 35.5. The number of amides is 2. The fraction of sp³-hybridized carbons (Fsp3) is 0.320. The second kappa shape index (κ2) is 9.53. The summed E-state index contributed by atoms with van der Waals surface area (Å²) >= 11 is 7.40. The summed E-state index contributed by atoms with van der Waals surface area (Å²) in [5, 5.41) is 4.17. The highest BCUT2D eigenvalue weighted by molar-refractivity contribution is 7.15. The molecule has 1 N–H and O–H groups in total. The molecular formula is C25H26ClN3O3S. The first-order valence-corrected chi connectivity index (χ1v) is 12.0. The van der Waals surface area contributed by atoms with Gasteiger partial charge in [-0.25, -0.2) is 9.78 Å². The maximum atomic E-state index is 12.8. The lowest BCUT2D eigenvalue weighted by Crippen LogP contribution is -2.39. The monoisotopic (exact) mass is 483 g/mol. The van der Waals surface area contributed by atoms with Gasteiger partial charge in [-0.05, 0) is 68.1 Å². The van der Waals surface area contributed by atoms with Gasteiger partial charge in [-0.3, -0.25) is 10.1 Å². The average molecular weight is 484 g/mol. The van der Waals surface area contributed by atoms with E-state index in [1.807, 2.05) is 57.2 Å². The van der Waals surface area contributed by atoms with Gasteiger partial charge in [0, 0.05) is 41.2 Å². The maximum absolute atomic E-state index is 12.8. The number of halogens is 1. The molecule has 1 aliphatic heterocycles. The molecule has 0 atom stereocenters. The SMILES string of the molecule is CC(C)(C)OC(=O)N1CCc2cc(C(=O)Nc3ncc(Cc4ccc(Cl)cc4)s3)ccc2C1. The number of carbonyl (C=O) groups is 2. The van der Waals surface area contributed by atoms with E-state index in [9.17, 15) is 9.59 Å². The molecule has 0 spiro atoms. The van der Waals surface area contributed by atoms with Crippen LogP contribution in [0.25, 0.3) is 0 Å². The summed E-state index contributed by atoms with van der Waals surface area (Å²) in [5.41, 5.74) is 3.29. The van der Waals surface area contributed by atoms with Crippen LogP contribution in [-0.2, 0) is 24.1 Å². The fourth-order valence-electron chi connectivity index (χ4n) is 3.60. The van der Waals surface area contributed by atoms with Crippen LogP contribution in [0.3, 0.4) is 0 Å². The quantitative estimate of drug-likeness (QED) is 0.499. The van der Waals surface area contributed by atoms with Crippen molar-refractivity contribution in [2.45, 2.75) is 45.8 Å². The number of fused-ring (bicyclic) bond motifs is 1. The van der Waals surface area contributed by atoms with E-state index in [4.69, 9.17) is 16.3 Å². The molecule has 2 heterocycles. The summed E-state index contributed by atoms with van der Waals surface area (Å²) in [4.78, 5) is 32.3. The molecule has 2 aromatic carbocycles. The van der Waals surface area contributed by atoms with Crippen LogP contribution in [0.5, 0.6) is 0 Å². The van der Waals surface area contributed by atoms with Gasteiger partial charge in [0.05, 0.1) is 0 Å². The molecular weight excluding hydrogens is 458 g/mol. The molecule has 0 aliphatic carbocycles. The molecule has 2 amide bonds. The lowest BCUT2D eigenvalue weighted by Gasteiger charge is -2.31. The molecule has 172 valence electrons. The van der Waals surface area contributed by atoms with Crippen molar-refractivity contribution in [2.75, 3.05) is 11.9 Å². The summed E-state index contributed by atoms with van der Waals surface area (Å²) in [6, 6.07) is 13.3. The normalized spacial score (nSPS) is 13.4. The predicted octanol–water partition coefficient (Wildman–Crippen LogP) is 5.93. The minimum absolute atomic E-state index is 0.195. The lowest BCUT2D eigenvalue weighted by atomic mass is 9.97. The van der Waals surface area contributed by atoms with Crippen molar-refractivity contribution in [3.8, 4) is 0 Å². The number of anilines is 1. The Morgan fingerprint density at radius 3 is 2.64 bits per heavy atom. The smallest absolute Gasteiger partial charge is 0.410 e. The zero-order chi connectivity index (χ0) is 23.6. The maximum Gasteiger partial charge on any atom is 0.410 e. The van der Waals surface area contributed by atoms with Gasteiger partial charge in [0.15, 0.2) is 5.13 Å². The number of carbonyl (C=O) groups excluding carboxylic acids is 2. The van der Waals surface area contributed by atoms with Gasteiger partial charge in [0.1, 0.15) is 5.60 Å². The van der Waals surface area contributed by atoms with Gasteiger partial charge in [0.2, 0.25) is 0 Å². The Kier molecular flexibility index (Phi) is 6.72. The first-order chi connectivity index (χ1) is 15.7. The van der Waals surface area contributed by atoms with Crippen molar-refractivity contribution in [3.05, 3.63) is 80.8 Å². The van der Waals surface area contributed by atoms with Crippen molar-refractivity contribution in [3.63, 3.8) is 0 Å². The Morgan fingerprint density at radius 1 is 1.15 bits per heavy atom. The number of ether oxygens (including phenoxy) is 1. The van der Waals surface area contributed by atoms with Crippen molar-refractivity contribution in [1.29, 1.82) is 0 Å². The van der Waals surface area contributed by atoms with Gasteiger partial charge in [-0.2, -0.15) is 0 Å². The van der Waals surface area contributed by atoms with E-state index in [1.54, 1.807) is 17.2 Å². The molecule has 0 radical (unpaired) electrons. The highest BCUT2D eigenvalue weighted by Gasteiger charge is 2.26. The Hall–Kier alpha value is -2.90. The molecule has 0 fully saturated rings. The average Bonchev–Trinajstić information content (AvgIpc) is 3.20. The summed E-state index contributed by atoms with van der Waals surface area (Å²) < 4.78 is 5.48. The van der Waals surface area contributed by atoms with Crippen LogP contribution in [0.2, 0.25) is 5.02 Å². The Morgan fingerprint density at radius 2 is 1.91 bits per heavy atom. The molecule has 0 unspecified atom stereocenters. The van der Waals surface area contributed by atoms with Crippen LogP contribution in [0, 0.1) is 0 Å². The zero-order valence-electron chi connectivity index (χ0n) is 18.9. The minimum Gasteiger partial charge on any atom is -0.444 e. The Bertz CT molecular complexity index is 1170. The number of thiazole rings is 1. The predicted molar refractivity (Wildman–Crippen MR) is 131 cm³/mol. The summed E-state index contributed by atoms with van der Waals surface area (Å²) in [6.07, 6.45) is 2.89. The molecule has 0 saturated heterocycles. The van der Waals surface area contributed by atoms with Crippen LogP contribution in [-0.4, -0.2) is 34.0 Å². The number of hydrogen-bond acceptors (Lipinski definition) is 5. The van der Waals surface area contributed by atoms with E-state index in [-0.39, 0.29) is 12.0 Å². The topological polar surface area (TPSA) is 71.5 Å². The van der Waals surface area contributed by atoms with Crippen molar-refractivity contribution >= 4 is 40.1 Å². The van der Waals surface area contributed by atoms with Crippen molar-refractivity contribution in [1.82, 2.24) is 9.88 Å². The summed E-state index contributed by atoms with van der Waals surface area (Å²) in [5.74, 6) is -0.195. The van der Waals surface area contributed by atoms with E-state index in [0.29, 0.717) is 35.2 Å². The molecule has 0 bridgehead atoms. The molecule has 3 aromatic rings. The van der Waals surface area contributed by atoms with E-state index >= 15 is 0 Å². The largest absolute Gasteiger partial charge is 0.444 e. The number of nitrogens with zero attached hydrogens (tertiary/aromatic N) is 2. The van der Waals surface area contributed by atoms with Gasteiger partial charge < -0.3 is 9.64 Å². The summed E-state index contributed by atoms with van der Waals surface area (Å²) in [6.45, 7) is 6.62. The third-order valence-corrected chi connectivity index (χ3v) is 6.36. The molecule has 33 heavy (non-hydrogen) atoms. The Balaban J connectivity index is 1.38. The van der Waals surface area contributed by atoms with Gasteiger partial charge in [-0.15, -0.1) is 11.3 Å². The summed E-state index contributed by atoms with van der Waals surface area (Å²) in [7, 11) is 0. The van der Waals surface area contributed by atoms with Gasteiger partial charge in [-0.1, -0.05) is 29.8 Å². The van der Waals surface area contributed by atoms with Gasteiger partial charge in [0.25, 0.3) is 5.91 Å². The van der Waals surface area contributed by atoms with Crippen LogP contribution < -0.4 is 5.32 Å². The number of hydrogen-bond donors (Lipinski definition) is 1. The second-order valence-electron chi connectivity index (χ2n) is 9.02. The minimum atomic E-state index is -0.524. The number of rotatable bonds is 4. The third-order valence-electron chi connectivity index (χ3n) is 5.20. The third kappa shape index (κ3) is 6.12. The van der Waals surface area contributed by atoms with Crippen LogP contribution in [0.15, 0.2) is 48.7 Å². The van der Waals surface area contributed by atoms with E-state index in [1.165, 1.54) is 11.3 Å². The van der Waals surface area contributed by atoms with Crippen LogP contribution in [0.1, 0.15) is 52.7 Å². The fourth-order valence-corrected chi connectivity index (χ4v) is 4.56.